The molecule has 0 atom stereocenters. The largest absolute Gasteiger partial charge is 0.444 e. The quantitative estimate of drug-likeness (QED) is 0.531. The van der Waals surface area contributed by atoms with Crippen molar-refractivity contribution in [2.24, 2.45) is 0 Å². The number of carbonyl (C=O) groups excluding carboxylic acids is 1. The molecule has 1 amide bonds. The molecule has 27 heavy (non-hydrogen) atoms. The summed E-state index contributed by atoms with van der Waals surface area (Å²) in [5.74, 6) is 0.0916. The maximum Gasteiger partial charge on any atom is 0.257 e. The first-order chi connectivity index (χ1) is 13.1. The third kappa shape index (κ3) is 3.63. The highest BCUT2D eigenvalue weighted by atomic mass is 32.1. The molecule has 0 radical (unpaired) electrons. The lowest BCUT2D eigenvalue weighted by atomic mass is 10.1. The van der Waals surface area contributed by atoms with Crippen LogP contribution in [0.2, 0.25) is 0 Å². The maximum atomic E-state index is 13.1. The highest BCUT2D eigenvalue weighted by molar-refractivity contribution is 7.16. The van der Waals surface area contributed by atoms with Gasteiger partial charge >= 0.3 is 0 Å². The van der Waals surface area contributed by atoms with Gasteiger partial charge in [-0.25, -0.2) is 14.4 Å². The topological polar surface area (TPSA) is 68.0 Å². The molecule has 2 heterocycles. The summed E-state index contributed by atoms with van der Waals surface area (Å²) in [7, 11) is 0. The Morgan fingerprint density at radius 2 is 1.78 bits per heavy atom. The van der Waals surface area contributed by atoms with Crippen LogP contribution in [-0.4, -0.2) is 15.9 Å². The number of nitrogens with zero attached hydrogens (tertiary/aromatic N) is 2. The van der Waals surface area contributed by atoms with Crippen molar-refractivity contribution in [1.82, 2.24) is 9.97 Å². The van der Waals surface area contributed by atoms with Crippen molar-refractivity contribution in [3.63, 3.8) is 0 Å². The maximum absolute atomic E-state index is 13.1. The Bertz CT molecular complexity index is 1070. The second-order valence-electron chi connectivity index (χ2n) is 5.83. The summed E-state index contributed by atoms with van der Waals surface area (Å²) in [6.45, 7) is 1.91. The number of oxazole rings is 1. The Morgan fingerprint density at radius 3 is 2.44 bits per heavy atom. The molecule has 0 bridgehead atoms. The number of nitrogens with one attached hydrogen (secondary N) is 1. The van der Waals surface area contributed by atoms with Crippen LogP contribution in [0.25, 0.3) is 22.6 Å². The van der Waals surface area contributed by atoms with Gasteiger partial charge in [-0.2, -0.15) is 0 Å². The third-order valence-electron chi connectivity index (χ3n) is 4.00. The average molecular weight is 379 g/mol. The smallest absolute Gasteiger partial charge is 0.257 e. The minimum atomic E-state index is -0.297. The Kier molecular flexibility index (Phi) is 4.52. The van der Waals surface area contributed by atoms with E-state index in [4.69, 9.17) is 4.42 Å². The van der Waals surface area contributed by atoms with Crippen molar-refractivity contribution in [2.45, 2.75) is 6.92 Å². The van der Waals surface area contributed by atoms with Crippen LogP contribution in [0.1, 0.15) is 15.2 Å². The standard InChI is InChI=1S/C20H14FN3O2S/c1-12-18(14-6-8-16(21)9-7-14)23-20(27-12)24-19(25)15-4-2-13(3-5-15)17-10-22-11-26-17/h2-11H,1H3,(H,23,24,25). The van der Waals surface area contributed by atoms with Crippen LogP contribution in [0.4, 0.5) is 9.52 Å². The van der Waals surface area contributed by atoms with Gasteiger partial charge in [0, 0.05) is 21.6 Å². The molecule has 0 saturated carbocycles. The molecule has 0 aliphatic carbocycles. The van der Waals surface area contributed by atoms with Crippen molar-refractivity contribution in [2.75, 3.05) is 5.32 Å². The summed E-state index contributed by atoms with van der Waals surface area (Å²) in [6.07, 6.45) is 2.98. The van der Waals surface area contributed by atoms with E-state index >= 15 is 0 Å². The Morgan fingerprint density at radius 1 is 1.07 bits per heavy atom. The lowest BCUT2D eigenvalue weighted by Gasteiger charge is -2.03. The van der Waals surface area contributed by atoms with Crippen LogP contribution in [0.5, 0.6) is 0 Å². The Balaban J connectivity index is 1.51. The molecule has 0 unspecified atom stereocenters. The number of aromatic nitrogens is 2. The first-order valence-electron chi connectivity index (χ1n) is 8.14. The summed E-state index contributed by atoms with van der Waals surface area (Å²) < 4.78 is 18.3. The minimum absolute atomic E-state index is 0.251. The van der Waals surface area contributed by atoms with Gasteiger partial charge in [0.1, 0.15) is 5.82 Å². The summed E-state index contributed by atoms with van der Waals surface area (Å²) in [6, 6.07) is 13.2. The van der Waals surface area contributed by atoms with E-state index < -0.39 is 0 Å². The van der Waals surface area contributed by atoms with Crippen molar-refractivity contribution in [3.05, 3.63) is 77.4 Å². The number of rotatable bonds is 4. The third-order valence-corrected chi connectivity index (χ3v) is 4.88. The van der Waals surface area contributed by atoms with Crippen LogP contribution in [0.15, 0.2) is 65.5 Å². The Labute approximate surface area is 158 Å². The van der Waals surface area contributed by atoms with Gasteiger partial charge in [-0.15, -0.1) is 11.3 Å². The number of hydrogen-bond donors (Lipinski definition) is 1. The molecule has 4 aromatic rings. The number of amides is 1. The fourth-order valence-corrected chi connectivity index (χ4v) is 3.47. The van der Waals surface area contributed by atoms with Gasteiger partial charge in [-0.3, -0.25) is 10.1 Å². The second kappa shape index (κ2) is 7.13. The number of halogens is 1. The number of hydrogen-bond acceptors (Lipinski definition) is 5. The van der Waals surface area contributed by atoms with Gasteiger partial charge in [0.2, 0.25) is 0 Å². The van der Waals surface area contributed by atoms with E-state index in [1.54, 1.807) is 42.6 Å². The van der Waals surface area contributed by atoms with Crippen LogP contribution in [0, 0.1) is 12.7 Å². The molecule has 2 aromatic carbocycles. The number of thiazole rings is 1. The molecular formula is C20H14FN3O2S. The molecule has 5 nitrogen and oxygen atoms in total. The summed E-state index contributed by atoms with van der Waals surface area (Å²) in [5, 5.41) is 3.31. The van der Waals surface area contributed by atoms with E-state index in [1.807, 2.05) is 6.92 Å². The fourth-order valence-electron chi connectivity index (χ4n) is 2.64. The molecule has 134 valence electrons. The van der Waals surface area contributed by atoms with Crippen molar-refractivity contribution in [1.29, 1.82) is 0 Å². The molecule has 7 heteroatoms. The van der Waals surface area contributed by atoms with Crippen LogP contribution in [-0.2, 0) is 0 Å². The first-order valence-corrected chi connectivity index (χ1v) is 8.95. The molecule has 0 aliphatic rings. The predicted molar refractivity (Wildman–Crippen MR) is 102 cm³/mol. The molecule has 1 N–H and O–H groups in total. The minimum Gasteiger partial charge on any atom is -0.444 e. The van der Waals surface area contributed by atoms with Crippen molar-refractivity contribution < 1.29 is 13.6 Å². The number of benzene rings is 2. The Hall–Kier alpha value is -3.32. The molecule has 0 fully saturated rings. The molecule has 0 saturated heterocycles. The molecule has 4 rings (SSSR count). The highest BCUT2D eigenvalue weighted by Crippen LogP contribution is 2.30. The van der Waals surface area contributed by atoms with E-state index in [-0.39, 0.29) is 11.7 Å². The predicted octanol–water partition coefficient (Wildman–Crippen LogP) is 5.16. The summed E-state index contributed by atoms with van der Waals surface area (Å²) >= 11 is 1.38. The molecular weight excluding hydrogens is 365 g/mol. The van der Waals surface area contributed by atoms with Gasteiger partial charge in [0.15, 0.2) is 17.3 Å². The monoisotopic (exact) mass is 379 g/mol. The van der Waals surface area contributed by atoms with Gasteiger partial charge in [-0.1, -0.05) is 12.1 Å². The fraction of sp³-hybridized carbons (Fsp3) is 0.0500. The molecule has 2 aromatic heterocycles. The zero-order valence-corrected chi connectivity index (χ0v) is 15.1. The van der Waals surface area contributed by atoms with Gasteiger partial charge in [0.05, 0.1) is 11.9 Å². The van der Waals surface area contributed by atoms with Crippen LogP contribution in [0.3, 0.4) is 0 Å². The zero-order chi connectivity index (χ0) is 18.8. The average Bonchev–Trinajstić information content (AvgIpc) is 3.33. The SMILES string of the molecule is Cc1sc(NC(=O)c2ccc(-c3cnco3)cc2)nc1-c1ccc(F)cc1. The first kappa shape index (κ1) is 17.1. The van der Waals surface area contributed by atoms with Gasteiger partial charge < -0.3 is 4.42 Å². The van der Waals surface area contributed by atoms with E-state index in [0.717, 1.165) is 21.7 Å². The van der Waals surface area contributed by atoms with E-state index in [0.29, 0.717) is 16.5 Å². The summed E-state index contributed by atoms with van der Waals surface area (Å²) in [4.78, 5) is 21.8. The molecule has 0 aliphatic heterocycles. The van der Waals surface area contributed by atoms with Crippen LogP contribution >= 0.6 is 11.3 Å². The van der Waals surface area contributed by atoms with E-state index in [1.165, 1.54) is 29.9 Å². The lowest BCUT2D eigenvalue weighted by Crippen LogP contribution is -2.11. The van der Waals surface area contributed by atoms with Crippen molar-refractivity contribution >= 4 is 22.4 Å². The lowest BCUT2D eigenvalue weighted by molar-refractivity contribution is 0.102. The van der Waals surface area contributed by atoms with Gasteiger partial charge in [0.25, 0.3) is 5.91 Å². The number of carbonyl (C=O) groups is 1. The normalized spacial score (nSPS) is 10.7. The summed E-state index contributed by atoms with van der Waals surface area (Å²) in [5.41, 5.74) is 2.89. The zero-order valence-electron chi connectivity index (χ0n) is 14.3. The highest BCUT2D eigenvalue weighted by Gasteiger charge is 2.14. The molecule has 0 spiro atoms. The second-order valence-corrected chi connectivity index (χ2v) is 7.03. The van der Waals surface area contributed by atoms with Crippen LogP contribution < -0.4 is 5.32 Å². The number of anilines is 1. The van der Waals surface area contributed by atoms with E-state index in [2.05, 4.69) is 15.3 Å². The number of aryl methyl sites for hydroxylation is 1. The van der Waals surface area contributed by atoms with Gasteiger partial charge in [-0.05, 0) is 43.3 Å². The van der Waals surface area contributed by atoms with Crippen molar-refractivity contribution in [3.8, 4) is 22.6 Å². The van der Waals surface area contributed by atoms with E-state index in [9.17, 15) is 9.18 Å².